The third-order valence-corrected chi connectivity index (χ3v) is 6.59. The normalized spacial score (nSPS) is 24.8. The molecule has 1 heterocycles. The average molecular weight is 414 g/mol. The van der Waals surface area contributed by atoms with Crippen LogP contribution in [0.3, 0.4) is 0 Å². The van der Waals surface area contributed by atoms with Crippen molar-refractivity contribution >= 4 is 16.6 Å². The number of carbonyl (C=O) groups excluding carboxylic acids is 1. The Morgan fingerprint density at radius 1 is 1.10 bits per heavy atom. The van der Waals surface area contributed by atoms with Crippen molar-refractivity contribution in [3.63, 3.8) is 0 Å². The predicted molar refractivity (Wildman–Crippen MR) is 104 cm³/mol. The molecule has 3 saturated carbocycles. The summed E-state index contributed by atoms with van der Waals surface area (Å²) in [4.78, 5) is 16.3. The molecule has 3 aliphatic carbocycles. The summed E-state index contributed by atoms with van der Waals surface area (Å²) in [5.41, 5.74) is 2.34. The molecule has 1 amide bonds. The fourth-order valence-corrected chi connectivity index (χ4v) is 4.59. The monoisotopic (exact) mass is 414 g/mol. The first-order valence-corrected chi connectivity index (χ1v) is 11.0. The molecular weight excluding hydrogens is 392 g/mol. The van der Waals surface area contributed by atoms with Crippen molar-refractivity contribution in [1.29, 1.82) is 0 Å². The summed E-state index contributed by atoms with van der Waals surface area (Å²) in [5.74, 6) is 3.89. The van der Waals surface area contributed by atoms with Gasteiger partial charge in [0.15, 0.2) is 5.89 Å². The van der Waals surface area contributed by atoms with Gasteiger partial charge in [-0.15, -0.1) is 0 Å². The number of hydrogen-bond acceptors (Lipinski definition) is 6. The van der Waals surface area contributed by atoms with E-state index in [0.717, 1.165) is 17.2 Å². The van der Waals surface area contributed by atoms with E-state index in [0.29, 0.717) is 11.8 Å². The molecule has 0 spiro atoms. The highest BCUT2D eigenvalue weighted by molar-refractivity contribution is 7.62. The molecule has 0 saturated heterocycles. The fraction of sp³-hybridized carbons (Fsp3) is 0.524. The Bertz CT molecular complexity index is 1070. The summed E-state index contributed by atoms with van der Waals surface area (Å²) in [6, 6.07) is 7.11. The number of hydrogen-bond donors (Lipinski definition) is 0. The smallest absolute Gasteiger partial charge is 0.445 e. The Hall–Kier alpha value is -2.48. The molecule has 5 rings (SSSR count). The van der Waals surface area contributed by atoms with Crippen molar-refractivity contribution in [3.8, 4) is 5.75 Å². The molecule has 0 radical (unpaired) electrons. The Morgan fingerprint density at radius 2 is 1.76 bits per heavy atom. The van der Waals surface area contributed by atoms with Gasteiger partial charge in [-0.05, 0) is 48.8 Å². The van der Waals surface area contributed by atoms with E-state index >= 15 is 0 Å². The van der Waals surface area contributed by atoms with E-state index in [1.54, 1.807) is 12.1 Å². The molecule has 0 bridgehead atoms. The molecule has 7 nitrogen and oxygen atoms in total. The molecule has 8 heteroatoms. The molecule has 0 unspecified atom stereocenters. The van der Waals surface area contributed by atoms with Crippen LogP contribution in [0.2, 0.25) is 0 Å². The summed E-state index contributed by atoms with van der Waals surface area (Å²) >= 11 is 0. The lowest BCUT2D eigenvalue weighted by molar-refractivity contribution is 0.212. The van der Waals surface area contributed by atoms with Crippen LogP contribution in [-0.2, 0) is 10.5 Å². The van der Waals surface area contributed by atoms with Crippen LogP contribution in [0, 0.1) is 5.41 Å². The molecule has 0 N–H and O–H groups in total. The van der Waals surface area contributed by atoms with Gasteiger partial charge in [0, 0.05) is 23.7 Å². The summed E-state index contributed by atoms with van der Waals surface area (Å²) in [5, 5.41) is 0. The Kier molecular flexibility index (Phi) is 4.17. The van der Waals surface area contributed by atoms with Crippen LogP contribution >= 0.6 is 0 Å². The molecule has 2 atom stereocenters. The van der Waals surface area contributed by atoms with Crippen molar-refractivity contribution in [3.05, 3.63) is 47.2 Å². The van der Waals surface area contributed by atoms with Gasteiger partial charge in [-0.3, -0.25) is 0 Å². The quantitative estimate of drug-likeness (QED) is 0.690. The van der Waals surface area contributed by atoms with Gasteiger partial charge in [0.05, 0.1) is 5.69 Å². The zero-order valence-corrected chi connectivity index (χ0v) is 17.1. The SMILES string of the molecule is CC1(C)[C@H](c2ccc(OC(=O)N=S(=O)=O)cc2)[C@H]1c1nc(C2CC2)c(C2CC2)o1. The second-order valence-corrected chi connectivity index (χ2v) is 9.49. The molecular formula is C21H22N2O5S. The van der Waals surface area contributed by atoms with Crippen molar-refractivity contribution < 1.29 is 22.4 Å². The van der Waals surface area contributed by atoms with Gasteiger partial charge < -0.3 is 9.15 Å². The number of aromatic nitrogens is 1. The minimum atomic E-state index is -2.82. The second-order valence-electron chi connectivity index (χ2n) is 8.87. The standard InChI is InChI=1S/C21H22N2O5S/c1-21(2)15(11-7-9-14(10-8-11)27-20(24)23-29(25)26)16(21)19-22-17(12-3-4-12)18(28-19)13-5-6-13/h7-10,12-13,15-16H,3-6H2,1-2H3/t15-,16+/m1/s1. The van der Waals surface area contributed by atoms with E-state index in [9.17, 15) is 13.2 Å². The van der Waals surface area contributed by atoms with Crippen molar-refractivity contribution in [2.24, 2.45) is 9.78 Å². The lowest BCUT2D eigenvalue weighted by atomic mass is 10.0. The zero-order chi connectivity index (χ0) is 20.3. The summed E-state index contributed by atoms with van der Waals surface area (Å²) < 4.78 is 34.9. The molecule has 152 valence electrons. The van der Waals surface area contributed by atoms with Gasteiger partial charge in [-0.2, -0.15) is 8.42 Å². The molecule has 0 aliphatic heterocycles. The maximum Gasteiger partial charge on any atom is 0.454 e. The van der Waals surface area contributed by atoms with Gasteiger partial charge in [0.25, 0.3) is 0 Å². The van der Waals surface area contributed by atoms with Gasteiger partial charge >= 0.3 is 16.6 Å². The molecule has 2 aromatic rings. The molecule has 3 fully saturated rings. The maximum atomic E-state index is 11.3. The molecule has 1 aromatic carbocycles. The van der Waals surface area contributed by atoms with Crippen LogP contribution in [0.25, 0.3) is 0 Å². The van der Waals surface area contributed by atoms with E-state index in [2.05, 4.69) is 18.2 Å². The first-order chi connectivity index (χ1) is 13.8. The van der Waals surface area contributed by atoms with E-state index in [-0.39, 0.29) is 23.0 Å². The van der Waals surface area contributed by atoms with Crippen LogP contribution in [0.15, 0.2) is 33.0 Å². The summed E-state index contributed by atoms with van der Waals surface area (Å²) in [6.07, 6.45) is 3.69. The van der Waals surface area contributed by atoms with Crippen LogP contribution < -0.4 is 4.74 Å². The minimum absolute atomic E-state index is 0.0273. The van der Waals surface area contributed by atoms with E-state index in [1.165, 1.54) is 31.4 Å². The number of rotatable bonds is 5. The predicted octanol–water partition coefficient (Wildman–Crippen LogP) is 4.90. The lowest BCUT2D eigenvalue weighted by Crippen LogP contribution is -2.01. The zero-order valence-electron chi connectivity index (χ0n) is 16.3. The summed E-state index contributed by atoms with van der Waals surface area (Å²) in [7, 11) is -2.82. The van der Waals surface area contributed by atoms with E-state index < -0.39 is 16.6 Å². The maximum absolute atomic E-state index is 11.3. The number of carbonyl (C=O) groups is 1. The Labute approximate surface area is 170 Å². The minimum Gasteiger partial charge on any atom is -0.445 e. The molecule has 29 heavy (non-hydrogen) atoms. The Balaban J connectivity index is 1.36. The van der Waals surface area contributed by atoms with Gasteiger partial charge in [0.1, 0.15) is 11.5 Å². The third kappa shape index (κ3) is 3.50. The second kappa shape index (κ2) is 6.52. The highest BCUT2D eigenvalue weighted by Crippen LogP contribution is 2.70. The number of amides is 1. The first-order valence-electron chi connectivity index (χ1n) is 9.98. The van der Waals surface area contributed by atoms with Crippen LogP contribution in [0.1, 0.15) is 86.1 Å². The van der Waals surface area contributed by atoms with Gasteiger partial charge in [0.2, 0.25) is 0 Å². The fourth-order valence-electron chi connectivity index (χ4n) is 4.43. The number of benzene rings is 1. The van der Waals surface area contributed by atoms with Crippen LogP contribution in [0.4, 0.5) is 4.79 Å². The van der Waals surface area contributed by atoms with Crippen LogP contribution in [-0.4, -0.2) is 19.5 Å². The highest BCUT2D eigenvalue weighted by Gasteiger charge is 2.62. The number of oxazole rings is 1. The van der Waals surface area contributed by atoms with Crippen molar-refractivity contribution in [2.75, 3.05) is 0 Å². The van der Waals surface area contributed by atoms with Gasteiger partial charge in [-0.25, -0.2) is 9.78 Å². The van der Waals surface area contributed by atoms with Crippen molar-refractivity contribution in [2.45, 2.75) is 63.2 Å². The first kappa shape index (κ1) is 18.5. The van der Waals surface area contributed by atoms with Crippen molar-refractivity contribution in [1.82, 2.24) is 4.98 Å². The molecule has 1 aromatic heterocycles. The highest BCUT2D eigenvalue weighted by atomic mass is 32.2. The van der Waals surface area contributed by atoms with Gasteiger partial charge in [-0.1, -0.05) is 30.3 Å². The molecule has 3 aliphatic rings. The third-order valence-electron chi connectivity index (χ3n) is 6.30. The van der Waals surface area contributed by atoms with Crippen LogP contribution in [0.5, 0.6) is 5.75 Å². The van der Waals surface area contributed by atoms with E-state index in [4.69, 9.17) is 14.1 Å². The summed E-state index contributed by atoms with van der Waals surface area (Å²) in [6.45, 7) is 4.44. The van der Waals surface area contributed by atoms with E-state index in [1.807, 2.05) is 12.1 Å². The number of ether oxygens (including phenoxy) is 1. The number of nitrogens with zero attached hydrogens (tertiary/aromatic N) is 2. The largest absolute Gasteiger partial charge is 0.454 e. The lowest BCUT2D eigenvalue weighted by Gasteiger charge is -2.04. The average Bonchev–Trinajstić information content (AvgIpc) is 3.56. The topological polar surface area (TPSA) is 98.8 Å². The Morgan fingerprint density at radius 3 is 2.34 bits per heavy atom.